The first-order valence-electron chi connectivity index (χ1n) is 6.60. The fourth-order valence-corrected chi connectivity index (χ4v) is 2.26. The zero-order chi connectivity index (χ0) is 13.9. The quantitative estimate of drug-likeness (QED) is 0.606. The van der Waals surface area contributed by atoms with Gasteiger partial charge in [-0.05, 0) is 30.7 Å². The molecule has 1 aliphatic carbocycles. The van der Waals surface area contributed by atoms with Crippen LogP contribution in [0.3, 0.4) is 0 Å². The van der Waals surface area contributed by atoms with E-state index in [1.807, 2.05) is 0 Å². The van der Waals surface area contributed by atoms with Crippen LogP contribution in [-0.2, 0) is 11.3 Å². The van der Waals surface area contributed by atoms with E-state index in [4.69, 9.17) is 4.74 Å². The van der Waals surface area contributed by atoms with Gasteiger partial charge in [-0.15, -0.1) is 0 Å². The van der Waals surface area contributed by atoms with Crippen molar-refractivity contribution in [1.29, 1.82) is 0 Å². The van der Waals surface area contributed by atoms with Gasteiger partial charge in [-0.3, -0.25) is 10.1 Å². The highest BCUT2D eigenvalue weighted by molar-refractivity contribution is 5.56. The number of nitro benzene ring substituents is 1. The van der Waals surface area contributed by atoms with Crippen molar-refractivity contribution in [2.75, 3.05) is 19.0 Å². The summed E-state index contributed by atoms with van der Waals surface area (Å²) < 4.78 is 5.11. The van der Waals surface area contributed by atoms with Crippen LogP contribution in [0.5, 0.6) is 0 Å². The van der Waals surface area contributed by atoms with Gasteiger partial charge >= 0.3 is 0 Å². The Morgan fingerprint density at radius 1 is 1.47 bits per heavy atom. The summed E-state index contributed by atoms with van der Waals surface area (Å²) in [4.78, 5) is 10.4. The lowest BCUT2D eigenvalue weighted by molar-refractivity contribution is -0.384. The van der Waals surface area contributed by atoms with Crippen LogP contribution in [0.1, 0.15) is 31.7 Å². The van der Waals surface area contributed by atoms with Crippen LogP contribution in [0.2, 0.25) is 0 Å². The Morgan fingerprint density at radius 2 is 2.21 bits per heavy atom. The summed E-state index contributed by atoms with van der Waals surface area (Å²) in [6.07, 6.45) is 3.71. The Morgan fingerprint density at radius 3 is 2.74 bits per heavy atom. The molecule has 1 fully saturated rings. The van der Waals surface area contributed by atoms with Crippen LogP contribution in [0.25, 0.3) is 0 Å². The molecule has 5 nitrogen and oxygen atoms in total. The zero-order valence-corrected chi connectivity index (χ0v) is 11.4. The second kappa shape index (κ2) is 5.57. The molecule has 5 heteroatoms. The third-order valence-corrected chi connectivity index (χ3v) is 3.96. The maximum Gasteiger partial charge on any atom is 0.269 e. The Balaban J connectivity index is 2.12. The van der Waals surface area contributed by atoms with E-state index in [1.165, 1.54) is 25.3 Å². The van der Waals surface area contributed by atoms with Gasteiger partial charge in [-0.2, -0.15) is 0 Å². The predicted molar refractivity (Wildman–Crippen MR) is 74.3 cm³/mol. The Bertz CT molecular complexity index is 470. The molecule has 1 aliphatic rings. The lowest BCUT2D eigenvalue weighted by atomic mass is 10.0. The summed E-state index contributed by atoms with van der Waals surface area (Å²) in [5, 5.41) is 14.2. The number of rotatable bonds is 7. The van der Waals surface area contributed by atoms with Crippen molar-refractivity contribution < 1.29 is 9.66 Å². The lowest BCUT2D eigenvalue weighted by Crippen LogP contribution is -2.15. The van der Waals surface area contributed by atoms with E-state index in [0.717, 1.165) is 17.8 Å². The van der Waals surface area contributed by atoms with Crippen molar-refractivity contribution in [3.05, 3.63) is 33.9 Å². The van der Waals surface area contributed by atoms with E-state index in [-0.39, 0.29) is 10.6 Å². The molecular formula is C14H20N2O3. The van der Waals surface area contributed by atoms with Crippen LogP contribution in [0.4, 0.5) is 11.4 Å². The van der Waals surface area contributed by atoms with Gasteiger partial charge in [0.2, 0.25) is 0 Å². The van der Waals surface area contributed by atoms with Gasteiger partial charge in [0.05, 0.1) is 11.5 Å². The topological polar surface area (TPSA) is 64.4 Å². The molecule has 0 aromatic heterocycles. The third kappa shape index (κ3) is 3.23. The van der Waals surface area contributed by atoms with E-state index < -0.39 is 0 Å². The second-order valence-electron chi connectivity index (χ2n) is 5.24. The second-order valence-corrected chi connectivity index (χ2v) is 5.24. The normalized spacial score (nSPS) is 16.1. The van der Waals surface area contributed by atoms with E-state index in [2.05, 4.69) is 12.2 Å². The molecule has 0 radical (unpaired) electrons. The molecule has 1 aromatic rings. The molecule has 0 bridgehead atoms. The van der Waals surface area contributed by atoms with E-state index in [1.54, 1.807) is 19.2 Å². The van der Waals surface area contributed by atoms with Crippen molar-refractivity contribution in [2.24, 2.45) is 5.41 Å². The maximum atomic E-state index is 10.8. The Labute approximate surface area is 113 Å². The molecule has 0 heterocycles. The van der Waals surface area contributed by atoms with Gasteiger partial charge in [0, 0.05) is 37.0 Å². The minimum Gasteiger partial charge on any atom is -0.384 e. The largest absolute Gasteiger partial charge is 0.384 e. The average Bonchev–Trinajstić information content (AvgIpc) is 3.18. The van der Waals surface area contributed by atoms with E-state index >= 15 is 0 Å². The molecule has 0 amide bonds. The van der Waals surface area contributed by atoms with Gasteiger partial charge in [0.1, 0.15) is 0 Å². The number of nitrogens with zero attached hydrogens (tertiary/aromatic N) is 1. The number of methoxy groups -OCH3 is 1. The monoisotopic (exact) mass is 264 g/mol. The summed E-state index contributed by atoms with van der Waals surface area (Å²) in [5.74, 6) is 0. The highest BCUT2D eigenvalue weighted by Crippen LogP contribution is 2.48. The number of anilines is 1. The summed E-state index contributed by atoms with van der Waals surface area (Å²) in [6.45, 7) is 3.52. The molecular weight excluding hydrogens is 244 g/mol. The Hall–Kier alpha value is -1.62. The summed E-state index contributed by atoms with van der Waals surface area (Å²) in [7, 11) is 1.59. The number of non-ortho nitro benzene ring substituents is 1. The number of hydrogen-bond acceptors (Lipinski definition) is 4. The minimum absolute atomic E-state index is 0.106. The van der Waals surface area contributed by atoms with Gasteiger partial charge in [0.25, 0.3) is 5.69 Å². The standard InChI is InChI=1S/C14H20N2O3/c1-3-14(6-7-14)10-15-13-5-4-12(16(17)18)8-11(13)9-19-2/h4-5,8,15H,3,6-7,9-10H2,1-2H3. The van der Waals surface area contributed by atoms with Crippen LogP contribution in [0.15, 0.2) is 18.2 Å². The predicted octanol–water partition coefficient (Wildman–Crippen LogP) is 3.34. The average molecular weight is 264 g/mol. The molecule has 104 valence electrons. The van der Waals surface area contributed by atoms with Gasteiger partial charge in [-0.1, -0.05) is 6.92 Å². The minimum atomic E-state index is -0.378. The first-order valence-corrected chi connectivity index (χ1v) is 6.60. The molecule has 1 aromatic carbocycles. The zero-order valence-electron chi connectivity index (χ0n) is 11.4. The molecule has 0 saturated heterocycles. The SMILES string of the molecule is CCC1(CNc2ccc([N+](=O)[O-])cc2COC)CC1. The van der Waals surface area contributed by atoms with Crippen LogP contribution < -0.4 is 5.32 Å². The van der Waals surface area contributed by atoms with Crippen molar-refractivity contribution >= 4 is 11.4 Å². The van der Waals surface area contributed by atoms with Crippen molar-refractivity contribution in [2.45, 2.75) is 32.8 Å². The van der Waals surface area contributed by atoms with E-state index in [0.29, 0.717) is 12.0 Å². The fraction of sp³-hybridized carbons (Fsp3) is 0.571. The highest BCUT2D eigenvalue weighted by Gasteiger charge is 2.40. The highest BCUT2D eigenvalue weighted by atomic mass is 16.6. The number of nitrogens with one attached hydrogen (secondary N) is 1. The number of hydrogen-bond donors (Lipinski definition) is 1. The lowest BCUT2D eigenvalue weighted by Gasteiger charge is -2.17. The fourth-order valence-electron chi connectivity index (χ4n) is 2.26. The molecule has 2 rings (SSSR count). The number of nitro groups is 1. The summed E-state index contributed by atoms with van der Waals surface area (Å²) >= 11 is 0. The van der Waals surface area contributed by atoms with E-state index in [9.17, 15) is 10.1 Å². The molecule has 1 N–H and O–H groups in total. The molecule has 19 heavy (non-hydrogen) atoms. The van der Waals surface area contributed by atoms with Gasteiger partial charge in [-0.25, -0.2) is 0 Å². The molecule has 0 unspecified atom stereocenters. The Kier molecular flexibility index (Phi) is 4.04. The summed E-state index contributed by atoms with van der Waals surface area (Å²) in [6, 6.07) is 4.89. The van der Waals surface area contributed by atoms with Crippen molar-refractivity contribution in [1.82, 2.24) is 0 Å². The summed E-state index contributed by atoms with van der Waals surface area (Å²) in [5.41, 5.74) is 2.32. The van der Waals surface area contributed by atoms with Crippen LogP contribution >= 0.6 is 0 Å². The number of ether oxygens (including phenoxy) is 1. The first-order chi connectivity index (χ1) is 9.10. The molecule has 1 saturated carbocycles. The molecule has 0 aliphatic heterocycles. The van der Waals surface area contributed by atoms with Crippen LogP contribution in [0, 0.1) is 15.5 Å². The molecule has 0 spiro atoms. The van der Waals surface area contributed by atoms with Gasteiger partial charge < -0.3 is 10.1 Å². The molecule has 0 atom stereocenters. The van der Waals surface area contributed by atoms with Crippen molar-refractivity contribution in [3.63, 3.8) is 0 Å². The first kappa shape index (κ1) is 13.8. The van der Waals surface area contributed by atoms with Gasteiger partial charge in [0.15, 0.2) is 0 Å². The smallest absolute Gasteiger partial charge is 0.269 e. The number of benzene rings is 1. The van der Waals surface area contributed by atoms with Crippen LogP contribution in [-0.4, -0.2) is 18.6 Å². The third-order valence-electron chi connectivity index (χ3n) is 3.96. The maximum absolute atomic E-state index is 10.8. The van der Waals surface area contributed by atoms with Crippen molar-refractivity contribution in [3.8, 4) is 0 Å².